The average molecular weight is 395 g/mol. The predicted molar refractivity (Wildman–Crippen MR) is 111 cm³/mol. The molecule has 0 radical (unpaired) electrons. The van der Waals surface area contributed by atoms with E-state index in [1.165, 1.54) is 6.08 Å². The monoisotopic (exact) mass is 395 g/mol. The van der Waals surface area contributed by atoms with Gasteiger partial charge in [-0.1, -0.05) is 24.3 Å². The highest BCUT2D eigenvalue weighted by atomic mass is 32.1. The molecule has 1 atom stereocenters. The van der Waals surface area contributed by atoms with E-state index in [2.05, 4.69) is 5.32 Å². The number of amides is 1. The van der Waals surface area contributed by atoms with Gasteiger partial charge in [0.25, 0.3) is 5.91 Å². The summed E-state index contributed by atoms with van der Waals surface area (Å²) in [5.74, 6) is -0.0888. The van der Waals surface area contributed by atoms with E-state index >= 15 is 0 Å². The maximum atomic E-state index is 12.0. The zero-order valence-electron chi connectivity index (χ0n) is 15.7. The van der Waals surface area contributed by atoms with Gasteiger partial charge in [0, 0.05) is 11.0 Å². The molecule has 2 aromatic carbocycles. The smallest absolute Gasteiger partial charge is 0.331 e. The van der Waals surface area contributed by atoms with Gasteiger partial charge in [0.15, 0.2) is 6.10 Å². The van der Waals surface area contributed by atoms with Gasteiger partial charge in [-0.15, -0.1) is 11.3 Å². The van der Waals surface area contributed by atoms with E-state index in [9.17, 15) is 9.59 Å². The Bertz CT molecular complexity index is 995. The molecule has 0 aliphatic rings. The molecule has 0 aliphatic carbocycles. The summed E-state index contributed by atoms with van der Waals surface area (Å²) < 4.78 is 10.4. The Morgan fingerprint density at radius 1 is 1.14 bits per heavy atom. The molecule has 1 heterocycles. The van der Waals surface area contributed by atoms with Crippen molar-refractivity contribution in [3.63, 3.8) is 0 Å². The van der Waals surface area contributed by atoms with Crippen molar-refractivity contribution >= 4 is 40.1 Å². The van der Waals surface area contributed by atoms with Crippen molar-refractivity contribution in [2.45, 2.75) is 19.6 Å². The van der Waals surface area contributed by atoms with Crippen molar-refractivity contribution in [3.8, 4) is 5.75 Å². The normalized spacial score (nSPS) is 12.1. The maximum absolute atomic E-state index is 12.0. The topological polar surface area (TPSA) is 64.6 Å². The Labute approximate surface area is 167 Å². The Hall–Kier alpha value is -3.12. The molecule has 144 valence electrons. The molecule has 1 amide bonds. The first-order valence-electron chi connectivity index (χ1n) is 8.82. The van der Waals surface area contributed by atoms with Gasteiger partial charge < -0.3 is 14.8 Å². The summed E-state index contributed by atoms with van der Waals surface area (Å²) >= 11 is 1.56. The van der Waals surface area contributed by atoms with Gasteiger partial charge in [-0.05, 0) is 59.0 Å². The number of nitrogens with one attached hydrogen (secondary N) is 1. The predicted octanol–water partition coefficient (Wildman–Crippen LogP) is 4.17. The molecular weight excluding hydrogens is 374 g/mol. The van der Waals surface area contributed by atoms with Crippen LogP contribution < -0.4 is 10.1 Å². The summed E-state index contributed by atoms with van der Waals surface area (Å²) in [6, 6.07) is 15.5. The number of hydrogen-bond donors (Lipinski definition) is 1. The number of carbonyl (C=O) groups excluding carboxylic acids is 2. The number of fused-ring (bicyclic) bond motifs is 1. The molecule has 1 aromatic heterocycles. The molecule has 0 bridgehead atoms. The van der Waals surface area contributed by atoms with Crippen LogP contribution in [-0.2, 0) is 20.9 Å². The Balaban J connectivity index is 1.55. The molecule has 0 saturated heterocycles. The Morgan fingerprint density at radius 2 is 1.93 bits per heavy atom. The number of methoxy groups -OCH3 is 1. The fraction of sp³-hybridized carbons (Fsp3) is 0.182. The minimum absolute atomic E-state index is 0.324. The molecule has 6 heteroatoms. The zero-order chi connectivity index (χ0) is 19.9. The summed E-state index contributed by atoms with van der Waals surface area (Å²) in [6.45, 7) is 1.98. The number of ether oxygens (including phenoxy) is 2. The first-order valence-corrected chi connectivity index (χ1v) is 9.70. The number of rotatable bonds is 7. The maximum Gasteiger partial charge on any atom is 0.331 e. The fourth-order valence-electron chi connectivity index (χ4n) is 2.64. The van der Waals surface area contributed by atoms with Crippen LogP contribution in [0.3, 0.4) is 0 Å². The molecule has 1 N–H and O–H groups in total. The van der Waals surface area contributed by atoms with Crippen LogP contribution in [0.15, 0.2) is 60.0 Å². The van der Waals surface area contributed by atoms with Crippen molar-refractivity contribution in [3.05, 3.63) is 70.4 Å². The van der Waals surface area contributed by atoms with Gasteiger partial charge in [-0.25, -0.2) is 4.79 Å². The van der Waals surface area contributed by atoms with Crippen LogP contribution in [-0.4, -0.2) is 25.1 Å². The molecule has 3 aromatic rings. The number of carbonyl (C=O) groups is 2. The highest BCUT2D eigenvalue weighted by molar-refractivity contribution is 7.09. The van der Waals surface area contributed by atoms with Gasteiger partial charge in [0.2, 0.25) is 0 Å². The molecular formula is C22H21NO4S. The summed E-state index contributed by atoms with van der Waals surface area (Å²) in [4.78, 5) is 25.1. The molecule has 0 saturated carbocycles. The van der Waals surface area contributed by atoms with Crippen LogP contribution in [0.25, 0.3) is 16.8 Å². The van der Waals surface area contributed by atoms with E-state index in [0.717, 1.165) is 27.0 Å². The lowest BCUT2D eigenvalue weighted by Crippen LogP contribution is -2.34. The Morgan fingerprint density at radius 3 is 2.68 bits per heavy atom. The zero-order valence-corrected chi connectivity index (χ0v) is 16.5. The van der Waals surface area contributed by atoms with Crippen LogP contribution in [0, 0.1) is 0 Å². The number of hydrogen-bond acceptors (Lipinski definition) is 5. The molecule has 28 heavy (non-hydrogen) atoms. The molecule has 0 spiro atoms. The van der Waals surface area contributed by atoms with E-state index < -0.39 is 12.1 Å². The van der Waals surface area contributed by atoms with Gasteiger partial charge >= 0.3 is 5.97 Å². The molecule has 0 unspecified atom stereocenters. The van der Waals surface area contributed by atoms with Crippen LogP contribution in [0.4, 0.5) is 0 Å². The number of thiophene rings is 1. The van der Waals surface area contributed by atoms with Crippen LogP contribution in [0.1, 0.15) is 17.4 Å². The lowest BCUT2D eigenvalue weighted by Gasteiger charge is -2.11. The minimum atomic E-state index is -0.860. The van der Waals surface area contributed by atoms with Crippen LogP contribution in [0.2, 0.25) is 0 Å². The third kappa shape index (κ3) is 5.20. The minimum Gasteiger partial charge on any atom is -0.497 e. The highest BCUT2D eigenvalue weighted by Gasteiger charge is 2.16. The second kappa shape index (κ2) is 9.19. The van der Waals surface area contributed by atoms with E-state index in [1.807, 2.05) is 53.9 Å². The standard InChI is InChI=1S/C22H21NO4S/c1-15(22(25)23-14-20-4-3-11-28-20)27-21(24)10-6-16-5-7-18-13-19(26-2)9-8-17(18)12-16/h3-13,15H,14H2,1-2H3,(H,23,25)/b10-6+/t15-/m0/s1. The lowest BCUT2D eigenvalue weighted by atomic mass is 10.1. The third-order valence-corrected chi connectivity index (χ3v) is 5.04. The van der Waals surface area contributed by atoms with E-state index in [1.54, 1.807) is 31.4 Å². The lowest BCUT2D eigenvalue weighted by molar-refractivity contribution is -0.150. The Kier molecular flexibility index (Phi) is 6.45. The number of benzene rings is 2. The average Bonchev–Trinajstić information content (AvgIpc) is 3.23. The largest absolute Gasteiger partial charge is 0.497 e. The van der Waals surface area contributed by atoms with E-state index in [4.69, 9.17) is 9.47 Å². The first-order chi connectivity index (χ1) is 13.5. The van der Waals surface area contributed by atoms with Crippen molar-refractivity contribution in [1.82, 2.24) is 5.32 Å². The van der Waals surface area contributed by atoms with Gasteiger partial charge in [0.05, 0.1) is 13.7 Å². The van der Waals surface area contributed by atoms with Crippen molar-refractivity contribution in [2.75, 3.05) is 7.11 Å². The fourth-order valence-corrected chi connectivity index (χ4v) is 3.28. The van der Waals surface area contributed by atoms with Crippen molar-refractivity contribution in [2.24, 2.45) is 0 Å². The molecule has 5 nitrogen and oxygen atoms in total. The van der Waals surface area contributed by atoms with Gasteiger partial charge in [-0.2, -0.15) is 0 Å². The van der Waals surface area contributed by atoms with Crippen molar-refractivity contribution in [1.29, 1.82) is 0 Å². The summed E-state index contributed by atoms with van der Waals surface area (Å²) in [5.41, 5.74) is 0.865. The summed E-state index contributed by atoms with van der Waals surface area (Å²) in [7, 11) is 1.63. The second-order valence-corrected chi connectivity index (χ2v) is 7.21. The second-order valence-electron chi connectivity index (χ2n) is 6.18. The van der Waals surface area contributed by atoms with Crippen LogP contribution >= 0.6 is 11.3 Å². The SMILES string of the molecule is COc1ccc2cc(/C=C/C(=O)O[C@@H](C)C(=O)NCc3cccs3)ccc2c1. The van der Waals surface area contributed by atoms with Crippen molar-refractivity contribution < 1.29 is 19.1 Å². The quantitative estimate of drug-likeness (QED) is 0.482. The third-order valence-electron chi connectivity index (χ3n) is 4.16. The van der Waals surface area contributed by atoms with Gasteiger partial charge in [-0.3, -0.25) is 4.79 Å². The summed E-state index contributed by atoms with van der Waals surface area (Å²) in [5, 5.41) is 6.79. The molecule has 0 aliphatic heterocycles. The highest BCUT2D eigenvalue weighted by Crippen LogP contribution is 2.22. The first kappa shape index (κ1) is 19.6. The van der Waals surface area contributed by atoms with Crippen LogP contribution in [0.5, 0.6) is 5.75 Å². The van der Waals surface area contributed by atoms with E-state index in [0.29, 0.717) is 6.54 Å². The van der Waals surface area contributed by atoms with E-state index in [-0.39, 0.29) is 5.91 Å². The summed E-state index contributed by atoms with van der Waals surface area (Å²) in [6.07, 6.45) is 2.14. The van der Waals surface area contributed by atoms with Gasteiger partial charge in [0.1, 0.15) is 5.75 Å². The number of esters is 1. The molecule has 0 fully saturated rings. The molecule has 3 rings (SSSR count).